The molecule has 0 atom stereocenters. The largest absolute Gasteiger partial charge is 0.375 e. The maximum atomic E-state index is 5.59. The van der Waals surface area contributed by atoms with Gasteiger partial charge in [-0.1, -0.05) is 0 Å². The molecule has 2 aromatic heterocycles. The second kappa shape index (κ2) is 3.94. The fourth-order valence-electron chi connectivity index (χ4n) is 1.44. The lowest BCUT2D eigenvalue weighted by Gasteiger charge is -1.99. The third kappa shape index (κ3) is 2.05. The van der Waals surface area contributed by atoms with Gasteiger partial charge in [-0.3, -0.25) is 4.68 Å². The van der Waals surface area contributed by atoms with Gasteiger partial charge in [-0.15, -0.1) is 11.3 Å². The van der Waals surface area contributed by atoms with E-state index in [1.807, 2.05) is 24.9 Å². The molecule has 0 aliphatic heterocycles. The molecular formula is C9H11BrN4S. The Morgan fingerprint density at radius 1 is 1.60 bits per heavy atom. The van der Waals surface area contributed by atoms with E-state index in [1.165, 1.54) is 11.3 Å². The minimum absolute atomic E-state index is 0.611. The molecule has 0 fully saturated rings. The van der Waals surface area contributed by atoms with Crippen molar-refractivity contribution in [1.82, 2.24) is 14.8 Å². The van der Waals surface area contributed by atoms with Gasteiger partial charge in [-0.2, -0.15) is 5.10 Å². The monoisotopic (exact) mass is 286 g/mol. The molecule has 2 rings (SSSR count). The highest BCUT2D eigenvalue weighted by Crippen LogP contribution is 2.25. The van der Waals surface area contributed by atoms with Gasteiger partial charge in [0.25, 0.3) is 0 Å². The standard InChI is InChI=1S/C9H11BrN4S/c1-5-8(10)7(14(2)13-5)3-6-4-12-9(11)15-6/h4H,3H2,1-2H3,(H2,11,12). The van der Waals surface area contributed by atoms with Crippen LogP contribution in [0.2, 0.25) is 0 Å². The van der Waals surface area contributed by atoms with Crippen LogP contribution in [0.4, 0.5) is 5.13 Å². The highest BCUT2D eigenvalue weighted by atomic mass is 79.9. The molecule has 0 aliphatic carbocycles. The van der Waals surface area contributed by atoms with Crippen LogP contribution in [-0.2, 0) is 13.5 Å². The van der Waals surface area contributed by atoms with E-state index in [4.69, 9.17) is 5.73 Å². The first-order valence-corrected chi connectivity index (χ1v) is 6.07. The Labute approximate surface area is 100 Å². The maximum Gasteiger partial charge on any atom is 0.180 e. The van der Waals surface area contributed by atoms with Crippen LogP contribution in [0.3, 0.4) is 0 Å². The summed E-state index contributed by atoms with van der Waals surface area (Å²) in [5.74, 6) is 0. The number of aryl methyl sites for hydroxylation is 2. The SMILES string of the molecule is Cc1nn(C)c(Cc2cnc(N)s2)c1Br. The molecule has 0 spiro atoms. The molecule has 0 aromatic carbocycles. The molecule has 2 heterocycles. The van der Waals surface area contributed by atoms with Crippen LogP contribution in [0.1, 0.15) is 16.3 Å². The lowest BCUT2D eigenvalue weighted by molar-refractivity contribution is 0.717. The molecule has 80 valence electrons. The van der Waals surface area contributed by atoms with Crippen LogP contribution in [0.25, 0.3) is 0 Å². The Balaban J connectivity index is 2.31. The number of hydrogen-bond acceptors (Lipinski definition) is 4. The average molecular weight is 287 g/mol. The van der Waals surface area contributed by atoms with Gasteiger partial charge in [0.15, 0.2) is 5.13 Å². The summed E-state index contributed by atoms with van der Waals surface area (Å²) in [6.45, 7) is 1.98. The van der Waals surface area contributed by atoms with Crippen molar-refractivity contribution in [1.29, 1.82) is 0 Å². The van der Waals surface area contributed by atoms with Crippen molar-refractivity contribution in [3.05, 3.63) is 26.9 Å². The van der Waals surface area contributed by atoms with Crippen LogP contribution in [0.15, 0.2) is 10.7 Å². The van der Waals surface area contributed by atoms with E-state index >= 15 is 0 Å². The van der Waals surface area contributed by atoms with Crippen molar-refractivity contribution in [3.8, 4) is 0 Å². The van der Waals surface area contributed by atoms with E-state index in [1.54, 1.807) is 0 Å². The highest BCUT2D eigenvalue weighted by Gasteiger charge is 2.12. The van der Waals surface area contributed by atoms with E-state index in [9.17, 15) is 0 Å². The summed E-state index contributed by atoms with van der Waals surface area (Å²) >= 11 is 5.05. The van der Waals surface area contributed by atoms with Gasteiger partial charge in [0.05, 0.1) is 15.9 Å². The summed E-state index contributed by atoms with van der Waals surface area (Å²) in [4.78, 5) is 5.18. The van der Waals surface area contributed by atoms with Gasteiger partial charge >= 0.3 is 0 Å². The first-order valence-electron chi connectivity index (χ1n) is 4.46. The number of anilines is 1. The number of nitrogen functional groups attached to an aromatic ring is 1. The summed E-state index contributed by atoms with van der Waals surface area (Å²) in [7, 11) is 1.94. The summed E-state index contributed by atoms with van der Waals surface area (Å²) in [6, 6.07) is 0. The van der Waals surface area contributed by atoms with E-state index in [-0.39, 0.29) is 0 Å². The minimum Gasteiger partial charge on any atom is -0.375 e. The van der Waals surface area contributed by atoms with Crippen molar-refractivity contribution in [2.75, 3.05) is 5.73 Å². The van der Waals surface area contributed by atoms with Crippen molar-refractivity contribution in [3.63, 3.8) is 0 Å². The molecule has 0 saturated heterocycles. The fraction of sp³-hybridized carbons (Fsp3) is 0.333. The highest BCUT2D eigenvalue weighted by molar-refractivity contribution is 9.10. The zero-order valence-electron chi connectivity index (χ0n) is 8.49. The van der Waals surface area contributed by atoms with Crippen molar-refractivity contribution < 1.29 is 0 Å². The van der Waals surface area contributed by atoms with Crippen LogP contribution < -0.4 is 5.73 Å². The predicted octanol–water partition coefficient (Wildman–Crippen LogP) is 2.12. The predicted molar refractivity (Wildman–Crippen MR) is 65.0 cm³/mol. The summed E-state index contributed by atoms with van der Waals surface area (Å²) in [5.41, 5.74) is 7.74. The van der Waals surface area contributed by atoms with Gasteiger partial charge in [-0.25, -0.2) is 4.98 Å². The Hall–Kier alpha value is -0.880. The zero-order valence-corrected chi connectivity index (χ0v) is 10.9. The molecule has 6 heteroatoms. The number of hydrogen-bond donors (Lipinski definition) is 1. The number of halogens is 1. The zero-order chi connectivity index (χ0) is 11.0. The quantitative estimate of drug-likeness (QED) is 0.920. The van der Waals surface area contributed by atoms with Gasteiger partial charge in [0.1, 0.15) is 0 Å². The smallest absolute Gasteiger partial charge is 0.180 e. The topological polar surface area (TPSA) is 56.7 Å². The second-order valence-electron chi connectivity index (χ2n) is 3.31. The lowest BCUT2D eigenvalue weighted by Crippen LogP contribution is -1.98. The maximum absolute atomic E-state index is 5.59. The van der Waals surface area contributed by atoms with Gasteiger partial charge in [0.2, 0.25) is 0 Å². The van der Waals surface area contributed by atoms with Crippen molar-refractivity contribution in [2.24, 2.45) is 7.05 Å². The molecule has 0 aliphatic rings. The van der Waals surface area contributed by atoms with Crippen LogP contribution in [0, 0.1) is 6.92 Å². The van der Waals surface area contributed by atoms with Crippen molar-refractivity contribution >= 4 is 32.4 Å². The first kappa shape index (κ1) is 10.6. The molecule has 0 bridgehead atoms. The molecule has 0 unspecified atom stereocenters. The summed E-state index contributed by atoms with van der Waals surface area (Å²) < 4.78 is 2.95. The number of rotatable bonds is 2. The van der Waals surface area contributed by atoms with Gasteiger partial charge < -0.3 is 5.73 Å². The molecule has 4 nitrogen and oxygen atoms in total. The Morgan fingerprint density at radius 3 is 2.80 bits per heavy atom. The number of aromatic nitrogens is 3. The molecular weight excluding hydrogens is 276 g/mol. The third-order valence-corrected chi connectivity index (χ3v) is 4.03. The molecule has 2 N–H and O–H groups in total. The Bertz CT molecular complexity index is 488. The van der Waals surface area contributed by atoms with E-state index in [0.717, 1.165) is 27.2 Å². The van der Waals surface area contributed by atoms with Crippen LogP contribution in [-0.4, -0.2) is 14.8 Å². The first-order chi connectivity index (χ1) is 7.08. The number of nitrogens with two attached hydrogens (primary N) is 1. The average Bonchev–Trinajstić information content (AvgIpc) is 2.67. The van der Waals surface area contributed by atoms with E-state index in [2.05, 4.69) is 26.0 Å². The normalized spacial score (nSPS) is 10.9. The molecule has 0 amide bonds. The molecule has 0 radical (unpaired) electrons. The minimum atomic E-state index is 0.611. The molecule has 15 heavy (non-hydrogen) atoms. The number of thiazole rings is 1. The molecule has 0 saturated carbocycles. The van der Waals surface area contributed by atoms with Crippen LogP contribution in [0.5, 0.6) is 0 Å². The third-order valence-electron chi connectivity index (χ3n) is 2.17. The summed E-state index contributed by atoms with van der Waals surface area (Å²) in [5, 5.41) is 4.95. The second-order valence-corrected chi connectivity index (χ2v) is 5.25. The van der Waals surface area contributed by atoms with E-state index < -0.39 is 0 Å². The molecule has 2 aromatic rings. The summed E-state index contributed by atoms with van der Waals surface area (Å²) in [6.07, 6.45) is 2.63. The van der Waals surface area contributed by atoms with Gasteiger partial charge in [0, 0.05) is 24.5 Å². The van der Waals surface area contributed by atoms with E-state index in [0.29, 0.717) is 5.13 Å². The lowest BCUT2D eigenvalue weighted by atomic mass is 10.2. The Kier molecular flexibility index (Phi) is 2.79. The fourth-order valence-corrected chi connectivity index (χ4v) is 2.61. The number of nitrogens with zero attached hydrogens (tertiary/aromatic N) is 3. The van der Waals surface area contributed by atoms with Crippen LogP contribution >= 0.6 is 27.3 Å². The Morgan fingerprint density at radius 2 is 2.33 bits per heavy atom. The van der Waals surface area contributed by atoms with Crippen molar-refractivity contribution in [2.45, 2.75) is 13.3 Å². The van der Waals surface area contributed by atoms with Gasteiger partial charge in [-0.05, 0) is 22.9 Å².